The first-order valence-electron chi connectivity index (χ1n) is 15.2. The molecule has 1 fully saturated rings. The highest BCUT2D eigenvalue weighted by Crippen LogP contribution is 2.60. The maximum absolute atomic E-state index is 16.3. The van der Waals surface area contributed by atoms with Gasteiger partial charge in [0.2, 0.25) is 14.3 Å². The predicted octanol–water partition coefficient (Wildman–Crippen LogP) is 4.91. The van der Waals surface area contributed by atoms with Crippen LogP contribution in [0.15, 0.2) is 72.8 Å². The number of hydrogen-bond donors (Lipinski definition) is 1. The van der Waals surface area contributed by atoms with Crippen molar-refractivity contribution in [3.63, 3.8) is 0 Å². The van der Waals surface area contributed by atoms with Crippen LogP contribution >= 0.6 is 0 Å². The van der Waals surface area contributed by atoms with Gasteiger partial charge in [0.25, 0.3) is 11.8 Å². The van der Waals surface area contributed by atoms with E-state index < -0.39 is 31.6 Å². The van der Waals surface area contributed by atoms with Crippen molar-refractivity contribution in [1.29, 1.82) is 0 Å². The van der Waals surface area contributed by atoms with Gasteiger partial charge in [-0.3, -0.25) is 19.3 Å². The average Bonchev–Trinajstić information content (AvgIpc) is 3.43. The van der Waals surface area contributed by atoms with Gasteiger partial charge in [0.05, 0.1) is 30.5 Å². The van der Waals surface area contributed by atoms with Crippen molar-refractivity contribution < 1.29 is 33.1 Å². The Morgan fingerprint density at radius 3 is 2.49 bits per heavy atom. The molecule has 0 aliphatic carbocycles. The molecule has 11 heteroatoms. The lowest BCUT2D eigenvalue weighted by Gasteiger charge is -2.32. The fourth-order valence-corrected chi connectivity index (χ4v) is 9.88. The van der Waals surface area contributed by atoms with Gasteiger partial charge in [0, 0.05) is 42.8 Å². The Morgan fingerprint density at radius 2 is 1.78 bits per heavy atom. The van der Waals surface area contributed by atoms with Gasteiger partial charge in [-0.2, -0.15) is 0 Å². The fraction of sp³-hybridized carbons (Fsp3) is 0.382. The lowest BCUT2D eigenvalue weighted by Crippen LogP contribution is -2.44. The standard InChI is InChI=1S/C34H38FN3O6Si/c1-22-32(45(3,4)35)29(19-30(40)37(16-17-39)20-23-10-6-5-7-11-23)44-34(22)25-18-24(14-15-26(25)36(2)33(34)42)38-27-12-8-9-13-28(27)43-21-31(38)41/h5-15,18,22,29,32,39H,16-17,19-21H2,1-4H3/t22-,29+,32-,34+/m1/s1. The molecule has 6 rings (SSSR count). The molecule has 3 aromatic rings. The fourth-order valence-electron chi connectivity index (χ4n) is 7.38. The number of carbonyl (C=O) groups is 3. The van der Waals surface area contributed by atoms with Crippen LogP contribution in [0.5, 0.6) is 5.75 Å². The Balaban J connectivity index is 1.38. The van der Waals surface area contributed by atoms with Crippen molar-refractivity contribution in [1.82, 2.24) is 4.90 Å². The Hall–Kier alpha value is -4.06. The quantitative estimate of drug-likeness (QED) is 0.280. The van der Waals surface area contributed by atoms with Gasteiger partial charge in [0.1, 0.15) is 5.75 Å². The molecule has 3 aromatic carbocycles. The summed E-state index contributed by atoms with van der Waals surface area (Å²) in [5, 5.41) is 9.74. The number of aliphatic hydroxyl groups excluding tert-OH is 1. The van der Waals surface area contributed by atoms with E-state index in [1.54, 1.807) is 60.3 Å². The summed E-state index contributed by atoms with van der Waals surface area (Å²) in [5.74, 6) is -0.902. The molecular weight excluding hydrogens is 593 g/mol. The van der Waals surface area contributed by atoms with Crippen molar-refractivity contribution in [2.24, 2.45) is 5.92 Å². The van der Waals surface area contributed by atoms with Gasteiger partial charge in [-0.1, -0.05) is 49.4 Å². The highest BCUT2D eigenvalue weighted by atomic mass is 28.4. The highest BCUT2D eigenvalue weighted by Gasteiger charge is 2.66. The first kappa shape index (κ1) is 30.9. The van der Waals surface area contributed by atoms with Crippen LogP contribution < -0.4 is 14.5 Å². The number of hydrogen-bond acceptors (Lipinski definition) is 6. The van der Waals surface area contributed by atoms with Crippen molar-refractivity contribution in [2.75, 3.05) is 36.6 Å². The number of aliphatic hydroxyl groups is 1. The summed E-state index contributed by atoms with van der Waals surface area (Å²) in [6.07, 6.45) is -1.00. The number of likely N-dealkylation sites (N-methyl/N-ethyl adjacent to an activating group) is 1. The number of benzene rings is 3. The molecule has 4 atom stereocenters. The van der Waals surface area contributed by atoms with E-state index >= 15 is 4.11 Å². The summed E-state index contributed by atoms with van der Waals surface area (Å²) >= 11 is 0. The van der Waals surface area contributed by atoms with Crippen molar-refractivity contribution in [3.05, 3.63) is 83.9 Å². The molecule has 3 heterocycles. The molecule has 1 N–H and O–H groups in total. The smallest absolute Gasteiger partial charge is 0.269 e. The molecule has 1 saturated heterocycles. The van der Waals surface area contributed by atoms with Gasteiger partial charge in [-0.05, 0) is 49.0 Å². The van der Waals surface area contributed by atoms with Gasteiger partial charge in [0.15, 0.2) is 12.2 Å². The third kappa shape index (κ3) is 5.22. The van der Waals surface area contributed by atoms with E-state index in [0.717, 1.165) is 5.56 Å². The van der Waals surface area contributed by atoms with E-state index in [0.29, 0.717) is 28.4 Å². The molecule has 3 aliphatic heterocycles. The van der Waals surface area contributed by atoms with Gasteiger partial charge >= 0.3 is 0 Å². The first-order chi connectivity index (χ1) is 21.5. The molecule has 3 aliphatic rings. The SMILES string of the molecule is C[C@@H]1[C@@H]([Si](C)(C)F)[C@H](CC(=O)N(CCO)Cc2ccccc2)O[C@@]12C(=O)N(C)c1ccc(N3C(=O)COc4ccccc43)cc12. The van der Waals surface area contributed by atoms with E-state index in [2.05, 4.69) is 0 Å². The number of halogens is 1. The van der Waals surface area contributed by atoms with E-state index in [1.807, 2.05) is 49.4 Å². The molecule has 0 radical (unpaired) electrons. The number of carbonyl (C=O) groups excluding carboxylic acids is 3. The van der Waals surface area contributed by atoms with Crippen LogP contribution in [0, 0.1) is 5.92 Å². The van der Waals surface area contributed by atoms with E-state index in [-0.39, 0.29) is 50.4 Å². The molecule has 1 spiro atoms. The van der Waals surface area contributed by atoms with Crippen LogP contribution in [0.4, 0.5) is 21.2 Å². The van der Waals surface area contributed by atoms with E-state index in [9.17, 15) is 19.5 Å². The molecule has 45 heavy (non-hydrogen) atoms. The maximum atomic E-state index is 16.3. The van der Waals surface area contributed by atoms with Crippen LogP contribution in [-0.4, -0.2) is 69.0 Å². The number of fused-ring (bicyclic) bond motifs is 3. The van der Waals surface area contributed by atoms with Crippen LogP contribution in [0.3, 0.4) is 0 Å². The number of ether oxygens (including phenoxy) is 2. The average molecular weight is 632 g/mol. The van der Waals surface area contributed by atoms with Gasteiger partial charge < -0.3 is 28.5 Å². The second-order valence-electron chi connectivity index (χ2n) is 12.6. The summed E-state index contributed by atoms with van der Waals surface area (Å²) in [7, 11) is -1.85. The third-order valence-electron chi connectivity index (χ3n) is 9.35. The minimum Gasteiger partial charge on any atom is -0.482 e. The minimum atomic E-state index is -3.51. The molecular formula is C34H38FN3O6Si. The molecule has 3 amide bonds. The number of para-hydroxylation sites is 2. The topological polar surface area (TPSA) is 99.6 Å². The first-order valence-corrected chi connectivity index (χ1v) is 18.2. The van der Waals surface area contributed by atoms with Crippen LogP contribution in [0.2, 0.25) is 18.6 Å². The monoisotopic (exact) mass is 631 g/mol. The number of nitrogens with zero attached hydrogens (tertiary/aromatic N) is 3. The largest absolute Gasteiger partial charge is 0.482 e. The summed E-state index contributed by atoms with van der Waals surface area (Å²) in [6.45, 7) is 5.07. The van der Waals surface area contributed by atoms with Crippen molar-refractivity contribution in [2.45, 2.75) is 50.2 Å². The zero-order chi connectivity index (χ0) is 32.1. The lowest BCUT2D eigenvalue weighted by molar-refractivity contribution is -0.149. The van der Waals surface area contributed by atoms with Crippen LogP contribution in [0.25, 0.3) is 0 Å². The normalized spacial score (nSPS) is 24.1. The van der Waals surface area contributed by atoms with Crippen molar-refractivity contribution in [3.8, 4) is 5.75 Å². The maximum Gasteiger partial charge on any atom is 0.269 e. The third-order valence-corrected chi connectivity index (χ3v) is 11.8. The molecule has 0 bridgehead atoms. The Bertz CT molecular complexity index is 1630. The lowest BCUT2D eigenvalue weighted by atomic mass is 9.82. The Morgan fingerprint density at radius 1 is 1.07 bits per heavy atom. The van der Waals surface area contributed by atoms with Crippen LogP contribution in [-0.2, 0) is 31.3 Å². The summed E-state index contributed by atoms with van der Waals surface area (Å²) in [5.41, 5.74) is 0.973. The second-order valence-corrected chi connectivity index (χ2v) is 16.3. The summed E-state index contributed by atoms with van der Waals surface area (Å²) < 4.78 is 28.6. The second kappa shape index (κ2) is 11.7. The Labute approximate surface area is 263 Å². The molecule has 9 nitrogen and oxygen atoms in total. The predicted molar refractivity (Wildman–Crippen MR) is 171 cm³/mol. The number of anilines is 3. The van der Waals surface area contributed by atoms with Gasteiger partial charge in [-0.25, -0.2) is 0 Å². The van der Waals surface area contributed by atoms with E-state index in [4.69, 9.17) is 9.47 Å². The molecule has 0 unspecified atom stereocenters. The minimum absolute atomic E-state index is 0.116. The number of rotatable bonds is 8. The van der Waals surface area contributed by atoms with Crippen molar-refractivity contribution >= 4 is 43.2 Å². The zero-order valence-corrected chi connectivity index (χ0v) is 26.9. The van der Waals surface area contributed by atoms with Crippen LogP contribution in [0.1, 0.15) is 24.5 Å². The van der Waals surface area contributed by atoms with E-state index in [1.165, 1.54) is 4.90 Å². The zero-order valence-electron chi connectivity index (χ0n) is 25.9. The van der Waals surface area contributed by atoms with Gasteiger partial charge in [-0.15, -0.1) is 0 Å². The highest BCUT2D eigenvalue weighted by molar-refractivity contribution is 6.72. The molecule has 0 aromatic heterocycles. The summed E-state index contributed by atoms with van der Waals surface area (Å²) in [6, 6.07) is 22.1. The Kier molecular flexibility index (Phi) is 8.04. The molecule has 0 saturated carbocycles. The molecule has 236 valence electrons. The summed E-state index contributed by atoms with van der Waals surface area (Å²) in [4.78, 5) is 45.7. The number of amides is 3.